The van der Waals surface area contributed by atoms with Crippen LogP contribution in [0.5, 0.6) is 34.5 Å². The molecule has 6 aromatic heterocycles. The molecule has 2 saturated heterocycles. The second kappa shape index (κ2) is 28.1. The van der Waals surface area contributed by atoms with Crippen LogP contribution in [0.1, 0.15) is 62.1 Å². The summed E-state index contributed by atoms with van der Waals surface area (Å²) in [5.41, 5.74) is 19.7. The molecule has 0 unspecified atom stereocenters. The molecule has 454 valence electrons. The molecule has 11 aromatic rings. The van der Waals surface area contributed by atoms with Gasteiger partial charge >= 0.3 is 0 Å². The van der Waals surface area contributed by atoms with Crippen LogP contribution in [-0.2, 0) is 47.1 Å². The summed E-state index contributed by atoms with van der Waals surface area (Å²) >= 11 is 0. The maximum absolute atomic E-state index is 14.6. The Labute approximate surface area is 505 Å². The standard InChI is InChI=1S/C35H34FN7O4.C28H28FN7O4.CH4/c36-26-16-30(46-21-28-19-38-23-42(28)12-15-45-20-24-4-2-1-3-5-24)18-31(17-26)47-29-8-6-25(7-9-29)33-32-34(37)39-22-40-35(32)43(41-33)27-10-13-44-14-11-27;29-19-11-23(39-15-21-14-31-17-35(21)7-8-37)13-24(12-19)40-22-3-1-18(2-4-22)26-25-27(30)32-16-33-28(25)36(34-26)20-5-9-38-10-6-20;/h1-9,16-19,22-23,27H,10-15,20-21H2,(H2,37,39,40);1-4,11-14,16-17,20,37H,5-10,15H2,(H2,30,32,33);1H4. The van der Waals surface area contributed by atoms with Crippen molar-refractivity contribution in [2.75, 3.05) is 51.1 Å². The first kappa shape index (κ1) is 59.8. The third-order valence-electron chi connectivity index (χ3n) is 14.8. The summed E-state index contributed by atoms with van der Waals surface area (Å²) in [4.78, 5) is 25.7. The first-order valence-electron chi connectivity index (χ1n) is 28.5. The zero-order valence-electron chi connectivity index (χ0n) is 47.3. The average molecular weight is 1200 g/mol. The first-order chi connectivity index (χ1) is 42.7. The van der Waals surface area contributed by atoms with Crippen molar-refractivity contribution in [3.05, 3.63) is 182 Å². The van der Waals surface area contributed by atoms with Gasteiger partial charge in [0.25, 0.3) is 0 Å². The number of fused-ring (bicyclic) bond motifs is 2. The average Bonchev–Trinajstić information content (AvgIpc) is 1.82. The number of benzene rings is 5. The summed E-state index contributed by atoms with van der Waals surface area (Å²) < 4.78 is 77.1. The van der Waals surface area contributed by atoms with Gasteiger partial charge in [0.05, 0.1) is 79.1 Å². The van der Waals surface area contributed by atoms with Gasteiger partial charge < -0.3 is 58.9 Å². The number of aliphatic hydroxyl groups is 1. The van der Waals surface area contributed by atoms with E-state index in [1.807, 2.05) is 68.5 Å². The van der Waals surface area contributed by atoms with E-state index in [0.717, 1.165) is 53.8 Å². The van der Waals surface area contributed by atoms with E-state index in [2.05, 4.69) is 29.9 Å². The van der Waals surface area contributed by atoms with E-state index in [1.165, 1.54) is 36.9 Å². The van der Waals surface area contributed by atoms with E-state index in [4.69, 9.17) is 54.8 Å². The Bertz CT molecular complexity index is 4080. The van der Waals surface area contributed by atoms with Crippen molar-refractivity contribution in [3.63, 3.8) is 0 Å². The number of aliphatic hydroxyl groups excluding tert-OH is 1. The predicted octanol–water partition coefficient (Wildman–Crippen LogP) is 11.1. The quantitative estimate of drug-likeness (QED) is 0.0565. The Kier molecular flexibility index (Phi) is 19.1. The molecule has 2 aliphatic rings. The summed E-state index contributed by atoms with van der Waals surface area (Å²) in [5, 5.41) is 20.4. The second-order valence-corrected chi connectivity index (χ2v) is 20.7. The van der Waals surface area contributed by atoms with Gasteiger partial charge in [-0.1, -0.05) is 37.8 Å². The van der Waals surface area contributed by atoms with Crippen LogP contribution in [0.25, 0.3) is 44.6 Å². The van der Waals surface area contributed by atoms with Crippen molar-refractivity contribution in [2.24, 2.45) is 0 Å². The number of nitrogen functional groups attached to an aromatic ring is 2. The van der Waals surface area contributed by atoms with E-state index in [0.29, 0.717) is 132 Å². The molecule has 8 heterocycles. The Morgan fingerprint density at radius 2 is 0.989 bits per heavy atom. The van der Waals surface area contributed by atoms with Gasteiger partial charge in [-0.3, -0.25) is 0 Å². The minimum atomic E-state index is -0.492. The van der Waals surface area contributed by atoms with Crippen molar-refractivity contribution in [1.29, 1.82) is 0 Å². The van der Waals surface area contributed by atoms with Crippen LogP contribution in [-0.4, -0.2) is 103 Å². The highest BCUT2D eigenvalue weighted by molar-refractivity contribution is 5.99. The lowest BCUT2D eigenvalue weighted by molar-refractivity contribution is 0.0673. The molecule has 22 nitrogen and oxygen atoms in total. The first-order valence-corrected chi connectivity index (χ1v) is 28.5. The Balaban J connectivity index is 0.000000182. The van der Waals surface area contributed by atoms with Gasteiger partial charge in [-0.15, -0.1) is 0 Å². The van der Waals surface area contributed by atoms with Crippen LogP contribution in [0.15, 0.2) is 153 Å². The topological polar surface area (TPSA) is 260 Å². The van der Waals surface area contributed by atoms with Gasteiger partial charge in [-0.25, -0.2) is 48.0 Å². The third-order valence-corrected chi connectivity index (χ3v) is 14.8. The molecular formula is C64H66F2N14O8. The lowest BCUT2D eigenvalue weighted by atomic mass is 10.1. The highest BCUT2D eigenvalue weighted by Crippen LogP contribution is 2.38. The number of hydrogen-bond donors (Lipinski definition) is 3. The fourth-order valence-corrected chi connectivity index (χ4v) is 10.4. The van der Waals surface area contributed by atoms with Crippen LogP contribution in [0.3, 0.4) is 0 Å². The van der Waals surface area contributed by atoms with Crippen LogP contribution in [0, 0.1) is 11.6 Å². The van der Waals surface area contributed by atoms with Gasteiger partial charge in [0.2, 0.25) is 0 Å². The second-order valence-electron chi connectivity index (χ2n) is 20.7. The van der Waals surface area contributed by atoms with Gasteiger partial charge in [0.15, 0.2) is 11.3 Å². The van der Waals surface area contributed by atoms with Crippen molar-refractivity contribution < 1.29 is 47.0 Å². The number of rotatable bonds is 21. The summed E-state index contributed by atoms with van der Waals surface area (Å²) in [5.74, 6) is 2.05. The maximum atomic E-state index is 14.6. The van der Waals surface area contributed by atoms with Crippen molar-refractivity contribution >= 4 is 33.7 Å². The van der Waals surface area contributed by atoms with Gasteiger partial charge in [0.1, 0.15) is 95.0 Å². The van der Waals surface area contributed by atoms with Gasteiger partial charge in [0, 0.05) is 87.0 Å². The molecule has 5 N–H and O–H groups in total. The smallest absolute Gasteiger partial charge is 0.164 e. The molecule has 0 amide bonds. The fourth-order valence-electron chi connectivity index (χ4n) is 10.4. The summed E-state index contributed by atoms with van der Waals surface area (Å²) in [6.45, 7) is 5.13. The predicted molar refractivity (Wildman–Crippen MR) is 325 cm³/mol. The van der Waals surface area contributed by atoms with E-state index in [-0.39, 0.29) is 39.3 Å². The zero-order chi connectivity index (χ0) is 59.5. The van der Waals surface area contributed by atoms with Gasteiger partial charge in [-0.2, -0.15) is 10.2 Å². The minimum Gasteiger partial charge on any atom is -0.487 e. The maximum Gasteiger partial charge on any atom is 0.164 e. The molecule has 24 heteroatoms. The third kappa shape index (κ3) is 14.2. The summed E-state index contributed by atoms with van der Waals surface area (Å²) in [6.07, 6.45) is 13.0. The molecule has 2 aliphatic heterocycles. The minimum absolute atomic E-state index is 0. The Morgan fingerprint density at radius 3 is 1.45 bits per heavy atom. The fraction of sp³-hybridized carbons (Fsp3) is 0.281. The number of nitrogens with zero attached hydrogens (tertiary/aromatic N) is 12. The molecule has 0 atom stereocenters. The van der Waals surface area contributed by atoms with E-state index < -0.39 is 11.6 Å². The molecule has 0 aliphatic carbocycles. The van der Waals surface area contributed by atoms with Crippen molar-refractivity contribution in [3.8, 4) is 57.0 Å². The van der Waals surface area contributed by atoms with Crippen molar-refractivity contribution in [1.82, 2.24) is 58.6 Å². The van der Waals surface area contributed by atoms with Crippen LogP contribution in [0.2, 0.25) is 0 Å². The number of imidazole rings is 2. The van der Waals surface area contributed by atoms with Gasteiger partial charge in [-0.05, 0) is 79.8 Å². The molecule has 13 rings (SSSR count). The number of aromatic nitrogens is 12. The lowest BCUT2D eigenvalue weighted by Gasteiger charge is -2.22. The largest absolute Gasteiger partial charge is 0.487 e. The molecule has 88 heavy (non-hydrogen) atoms. The molecule has 0 radical (unpaired) electrons. The Hall–Kier alpha value is -9.88. The summed E-state index contributed by atoms with van der Waals surface area (Å²) in [6, 6.07) is 33.5. The normalized spacial score (nSPS) is 13.7. The van der Waals surface area contributed by atoms with Crippen LogP contribution < -0.4 is 30.4 Å². The molecular weight excluding hydrogens is 1130 g/mol. The Morgan fingerprint density at radius 1 is 0.534 bits per heavy atom. The molecule has 0 saturated carbocycles. The lowest BCUT2D eigenvalue weighted by Crippen LogP contribution is -2.20. The highest BCUT2D eigenvalue weighted by atomic mass is 19.1. The zero-order valence-corrected chi connectivity index (χ0v) is 47.3. The highest BCUT2D eigenvalue weighted by Gasteiger charge is 2.26. The number of anilines is 2. The molecule has 5 aromatic carbocycles. The number of nitrogens with two attached hydrogens (primary N) is 2. The molecule has 0 spiro atoms. The number of hydrogen-bond acceptors (Lipinski definition) is 18. The van der Waals surface area contributed by atoms with E-state index >= 15 is 0 Å². The SMILES string of the molecule is C.Nc1ncnc2c1c(-c1ccc(Oc3cc(F)cc(OCc4cncn4CCO)c3)cc1)nn2C1CCOCC1.Nc1ncnc2c1c(-c1ccc(Oc3cc(F)cc(OCc4cncn4CCOCc4ccccc4)c3)cc1)nn2C1CCOCC1. The van der Waals surface area contributed by atoms with E-state index in [1.54, 1.807) is 66.0 Å². The summed E-state index contributed by atoms with van der Waals surface area (Å²) in [7, 11) is 0. The van der Waals surface area contributed by atoms with Crippen LogP contribution in [0.4, 0.5) is 20.4 Å². The molecule has 0 bridgehead atoms. The van der Waals surface area contributed by atoms with Crippen molar-refractivity contribution in [2.45, 2.75) is 78.1 Å². The molecule has 2 fully saturated rings. The monoisotopic (exact) mass is 1200 g/mol. The van der Waals surface area contributed by atoms with Crippen LogP contribution >= 0.6 is 0 Å². The number of halogens is 2. The van der Waals surface area contributed by atoms with E-state index in [9.17, 15) is 13.9 Å². The number of ether oxygens (including phenoxy) is 7.